The Labute approximate surface area is 187 Å². The van der Waals surface area contributed by atoms with Crippen LogP contribution in [0.1, 0.15) is 35.3 Å². The van der Waals surface area contributed by atoms with Gasteiger partial charge in [-0.05, 0) is 38.1 Å². The number of hydrogen-bond acceptors (Lipinski definition) is 8. The Kier molecular flexibility index (Phi) is 7.09. The van der Waals surface area contributed by atoms with E-state index >= 15 is 0 Å². The monoisotopic (exact) mass is 485 g/mol. The van der Waals surface area contributed by atoms with Gasteiger partial charge in [-0.2, -0.15) is 0 Å². The molecule has 0 aliphatic carbocycles. The Morgan fingerprint density at radius 1 is 1.32 bits per heavy atom. The molecule has 168 valence electrons. The maximum Gasteiger partial charge on any atom is 0.274 e. The van der Waals surface area contributed by atoms with Gasteiger partial charge in [-0.15, -0.1) is 22.7 Å². The van der Waals surface area contributed by atoms with Crippen LogP contribution in [-0.2, 0) is 19.6 Å². The van der Waals surface area contributed by atoms with Crippen LogP contribution in [-0.4, -0.2) is 60.7 Å². The quantitative estimate of drug-likeness (QED) is 0.518. The number of nitrogens with two attached hydrogens (primary N) is 1. The summed E-state index contributed by atoms with van der Waals surface area (Å²) in [6.07, 6.45) is 0.380. The van der Waals surface area contributed by atoms with Crippen molar-refractivity contribution in [1.29, 1.82) is 0 Å². The molecule has 1 aliphatic rings. The number of piperidine rings is 1. The number of carbonyl (C=O) groups is 3. The minimum absolute atomic E-state index is 0.0524. The van der Waals surface area contributed by atoms with Crippen LogP contribution >= 0.6 is 22.7 Å². The van der Waals surface area contributed by atoms with Crippen molar-refractivity contribution >= 4 is 50.4 Å². The number of amides is 3. The van der Waals surface area contributed by atoms with Gasteiger partial charge in [-0.1, -0.05) is 6.07 Å². The molecule has 3 amide bonds. The van der Waals surface area contributed by atoms with Crippen LogP contribution in [0.3, 0.4) is 0 Å². The lowest BCUT2D eigenvalue weighted by Gasteiger charge is -2.38. The Balaban J connectivity index is 1.81. The van der Waals surface area contributed by atoms with E-state index in [0.29, 0.717) is 11.4 Å². The Morgan fingerprint density at radius 3 is 2.65 bits per heavy atom. The summed E-state index contributed by atoms with van der Waals surface area (Å²) in [5.74, 6) is -1.71. The van der Waals surface area contributed by atoms with Crippen molar-refractivity contribution < 1.29 is 22.8 Å². The van der Waals surface area contributed by atoms with Crippen LogP contribution in [0.25, 0.3) is 0 Å². The summed E-state index contributed by atoms with van der Waals surface area (Å²) in [4.78, 5) is 42.8. The molecule has 0 bridgehead atoms. The minimum atomic E-state index is -3.74. The van der Waals surface area contributed by atoms with E-state index in [9.17, 15) is 22.8 Å². The molecule has 1 aliphatic heterocycles. The average Bonchev–Trinajstić information content (AvgIpc) is 3.39. The number of sulfonamides is 1. The molecule has 0 unspecified atom stereocenters. The molecule has 4 N–H and O–H groups in total. The van der Waals surface area contributed by atoms with Gasteiger partial charge in [0.25, 0.3) is 5.91 Å². The molecule has 2 aromatic heterocycles. The van der Waals surface area contributed by atoms with E-state index in [4.69, 9.17) is 5.73 Å². The van der Waals surface area contributed by atoms with Crippen molar-refractivity contribution in [1.82, 2.24) is 19.9 Å². The fraction of sp³-hybridized carbons (Fsp3) is 0.444. The fourth-order valence-corrected chi connectivity index (χ4v) is 6.13. The number of nitrogens with one attached hydrogen (secondary N) is 2. The molecular weight excluding hydrogens is 462 g/mol. The molecule has 10 nitrogen and oxygen atoms in total. The van der Waals surface area contributed by atoms with E-state index in [1.54, 1.807) is 23.8 Å². The van der Waals surface area contributed by atoms with Crippen molar-refractivity contribution in [2.24, 2.45) is 5.73 Å². The molecule has 31 heavy (non-hydrogen) atoms. The SMILES string of the molecule is Cc1nc(C(=O)N2CC[C@H](NS(=O)(=O)c3cccs3)C[C@H]2C(=O)N[C@H](C)C(N)=O)cs1. The highest BCUT2D eigenvalue weighted by Gasteiger charge is 2.39. The maximum absolute atomic E-state index is 13.0. The summed E-state index contributed by atoms with van der Waals surface area (Å²) < 4.78 is 28.0. The number of primary amides is 1. The molecule has 1 saturated heterocycles. The van der Waals surface area contributed by atoms with Crippen LogP contribution < -0.4 is 15.8 Å². The summed E-state index contributed by atoms with van der Waals surface area (Å²) in [6.45, 7) is 3.36. The van der Waals surface area contributed by atoms with Gasteiger partial charge in [0.1, 0.15) is 22.0 Å². The first-order valence-electron chi connectivity index (χ1n) is 9.47. The Morgan fingerprint density at radius 2 is 2.06 bits per heavy atom. The van der Waals surface area contributed by atoms with Gasteiger partial charge in [0, 0.05) is 18.0 Å². The van der Waals surface area contributed by atoms with Crippen LogP contribution in [0.15, 0.2) is 27.1 Å². The number of aryl methyl sites for hydroxylation is 1. The topological polar surface area (TPSA) is 152 Å². The van der Waals surface area contributed by atoms with Crippen molar-refractivity contribution in [3.05, 3.63) is 33.6 Å². The first-order chi connectivity index (χ1) is 14.6. The maximum atomic E-state index is 13.0. The van der Waals surface area contributed by atoms with Crippen LogP contribution in [0.4, 0.5) is 0 Å². The smallest absolute Gasteiger partial charge is 0.274 e. The highest BCUT2D eigenvalue weighted by molar-refractivity contribution is 7.91. The molecule has 2 aromatic rings. The average molecular weight is 486 g/mol. The molecule has 0 radical (unpaired) electrons. The van der Waals surface area contributed by atoms with Gasteiger partial charge >= 0.3 is 0 Å². The third kappa shape index (κ3) is 5.47. The zero-order valence-corrected chi connectivity index (χ0v) is 19.4. The second kappa shape index (κ2) is 9.42. The molecule has 3 atom stereocenters. The predicted molar refractivity (Wildman–Crippen MR) is 116 cm³/mol. The lowest BCUT2D eigenvalue weighted by Crippen LogP contribution is -2.59. The third-order valence-electron chi connectivity index (χ3n) is 4.87. The van der Waals surface area contributed by atoms with Crippen LogP contribution in [0.2, 0.25) is 0 Å². The number of thiophene rings is 1. The Hall–Kier alpha value is -2.35. The number of carbonyl (C=O) groups excluding carboxylic acids is 3. The highest BCUT2D eigenvalue weighted by Crippen LogP contribution is 2.24. The number of likely N-dealkylation sites (tertiary alicyclic amines) is 1. The Bertz CT molecular complexity index is 1070. The summed E-state index contributed by atoms with van der Waals surface area (Å²) in [5, 5.41) is 6.49. The van der Waals surface area contributed by atoms with Gasteiger partial charge < -0.3 is 16.0 Å². The lowest BCUT2D eigenvalue weighted by molar-refractivity contribution is -0.131. The second-order valence-electron chi connectivity index (χ2n) is 7.17. The molecule has 0 spiro atoms. The van der Waals surface area contributed by atoms with Crippen molar-refractivity contribution in [3.8, 4) is 0 Å². The van der Waals surface area contributed by atoms with Gasteiger partial charge in [0.15, 0.2) is 0 Å². The molecule has 0 aromatic carbocycles. The van der Waals surface area contributed by atoms with E-state index < -0.39 is 45.9 Å². The third-order valence-corrected chi connectivity index (χ3v) is 8.56. The zero-order chi connectivity index (χ0) is 22.8. The van der Waals surface area contributed by atoms with Crippen LogP contribution in [0, 0.1) is 6.92 Å². The molecule has 1 fully saturated rings. The van der Waals surface area contributed by atoms with Crippen LogP contribution in [0.5, 0.6) is 0 Å². The first kappa shape index (κ1) is 23.3. The first-order valence-corrected chi connectivity index (χ1v) is 12.7. The lowest BCUT2D eigenvalue weighted by atomic mass is 9.96. The normalized spacial score (nSPS) is 20.3. The van der Waals surface area contributed by atoms with Gasteiger partial charge in [-0.3, -0.25) is 14.4 Å². The summed E-state index contributed by atoms with van der Waals surface area (Å²) in [5.41, 5.74) is 5.46. The molecule has 13 heteroatoms. The van der Waals surface area contributed by atoms with Gasteiger partial charge in [0.05, 0.1) is 5.01 Å². The number of hydrogen-bond donors (Lipinski definition) is 3. The van der Waals surface area contributed by atoms with E-state index in [1.165, 1.54) is 29.2 Å². The summed E-state index contributed by atoms with van der Waals surface area (Å²) in [7, 11) is -3.74. The summed E-state index contributed by atoms with van der Waals surface area (Å²) >= 11 is 2.41. The largest absolute Gasteiger partial charge is 0.368 e. The number of thiazole rings is 1. The van der Waals surface area contributed by atoms with Crippen molar-refractivity contribution in [3.63, 3.8) is 0 Å². The molecular formula is C18H23N5O5S3. The molecule has 0 saturated carbocycles. The molecule has 3 rings (SSSR count). The standard InChI is InChI=1S/C18H23N5O5S3/c1-10(16(19)24)20-17(25)14-8-12(22-31(27,28)15-4-3-7-29-15)5-6-23(14)18(26)13-9-30-11(2)21-13/h3-4,7,9-10,12,14,22H,5-6,8H2,1-2H3,(H2,19,24)(H,20,25)/t10-,12+,14+/m1/s1. The highest BCUT2D eigenvalue weighted by atomic mass is 32.2. The second-order valence-corrected chi connectivity index (χ2v) is 11.1. The number of nitrogens with zero attached hydrogens (tertiary/aromatic N) is 2. The number of rotatable bonds is 7. The minimum Gasteiger partial charge on any atom is -0.368 e. The van der Waals surface area contributed by atoms with E-state index in [1.807, 2.05) is 0 Å². The zero-order valence-electron chi connectivity index (χ0n) is 16.9. The van der Waals surface area contributed by atoms with Crippen molar-refractivity contribution in [2.45, 2.75) is 49.0 Å². The van der Waals surface area contributed by atoms with E-state index in [2.05, 4.69) is 15.0 Å². The number of aromatic nitrogens is 1. The van der Waals surface area contributed by atoms with E-state index in [-0.39, 0.29) is 22.9 Å². The van der Waals surface area contributed by atoms with Gasteiger partial charge in [0.2, 0.25) is 21.8 Å². The molecule has 3 heterocycles. The predicted octanol–water partition coefficient (Wildman–Crippen LogP) is 0.455. The fourth-order valence-electron chi connectivity index (χ4n) is 3.25. The summed E-state index contributed by atoms with van der Waals surface area (Å²) in [6, 6.07) is 0.649. The van der Waals surface area contributed by atoms with E-state index in [0.717, 1.165) is 11.3 Å². The van der Waals surface area contributed by atoms with Gasteiger partial charge in [-0.25, -0.2) is 18.1 Å². The van der Waals surface area contributed by atoms with Crippen molar-refractivity contribution in [2.75, 3.05) is 6.54 Å².